The highest BCUT2D eigenvalue weighted by Crippen LogP contribution is 2.40. The van der Waals surface area contributed by atoms with Crippen LogP contribution in [0.4, 0.5) is 13.2 Å². The summed E-state index contributed by atoms with van der Waals surface area (Å²) in [6.07, 6.45) is 21.7. The van der Waals surface area contributed by atoms with E-state index in [9.17, 15) is 37.1 Å². The standard InChI is InChI=1S/C24H20ClN3O2.C24H20FN3O3.C24H20FN3O2.C23H17ClFN3O2.C23H19N3O2/c1-15-6-7-19-21(12-15)27-11-9-23(19)30-22-5-3-4-18(16(22)2)24(29)28-13-17-8-10-26-14-20(17)25;1-15-18(24(29)28-14-16-8-10-27-23(25)12-16)4-3-5-21(15)31-22-9-11-26-20-13-17(30-2)6-7-19(20)22;1-15-6-7-19-21(12-15)27-11-9-23(19)30-22-5-3-4-18(16(22)2)24(29)28-13-17-8-10-26-14-20(17)25;1-14-17(23(29)28-12-15-7-9-26-13-19(15)25)3-2-4-21(14)30-22-8-10-27-20-11-16(24)5-6-18(20)22;1-16-18(23(27)26-15-17-9-12-24-13-10-17)6-4-8-21(16)28-22-11-14-25-20-7-3-2-5-19(20)22/h3-12,14H,13H2,1-2H3,(H,28,29);3-13H,14H2,1-2H3,(H,28,29);3-12,14H,13H2,1-2H3,(H,28,29);2-11,13H,12H2,1H3,(H,28,29);2-14H,15H2,1H3,(H,26,27). The Balaban J connectivity index is 0.000000133. The maximum absolute atomic E-state index is 13.7. The minimum Gasteiger partial charge on any atom is -0.497 e. The van der Waals surface area contributed by atoms with E-state index >= 15 is 0 Å². The summed E-state index contributed by atoms with van der Waals surface area (Å²) in [5.74, 6) is 4.24. The molecule has 744 valence electrons. The Hall–Kier alpha value is -18.5. The molecule has 10 aromatic carbocycles. The summed E-state index contributed by atoms with van der Waals surface area (Å²) in [5, 5.41) is 19.6. The van der Waals surface area contributed by atoms with Gasteiger partial charge < -0.3 is 55.0 Å². The van der Waals surface area contributed by atoms with Gasteiger partial charge in [-0.15, -0.1) is 0 Å². The largest absolute Gasteiger partial charge is 0.497 e. The zero-order valence-electron chi connectivity index (χ0n) is 81.8. The van der Waals surface area contributed by atoms with Crippen molar-refractivity contribution in [3.05, 3.63) is 470 Å². The Morgan fingerprint density at radius 1 is 0.275 bits per heavy atom. The van der Waals surface area contributed by atoms with Gasteiger partial charge in [0.15, 0.2) is 0 Å². The SMILES string of the molecule is COc1ccc2c(Oc3cccc(C(=O)NCc4ccnc(F)c4)c3C)ccnc2c1.Cc1c(Oc2ccnc3cc(Cl)ccc23)cccc1C(=O)NCc1ccncc1F.Cc1c(Oc2ccnc3ccccc23)cccc1C(=O)NCc1ccncc1.Cc1ccc2c(Oc3cccc(C(=O)NCc4ccncc4Cl)c3C)ccnc2c1.Cc1ccc2c(Oc3cccc(C(=O)NCc4ccncc4F)c3C)ccnc2c1. The van der Waals surface area contributed by atoms with Crippen molar-refractivity contribution in [2.24, 2.45) is 0 Å². The van der Waals surface area contributed by atoms with Crippen LogP contribution >= 0.6 is 23.2 Å². The first-order chi connectivity index (χ1) is 72.3. The van der Waals surface area contributed by atoms with Gasteiger partial charge in [-0.05, 0) is 276 Å². The topological polar surface area (TPSA) is 330 Å². The molecular formula is C118H96Cl2F3N15O11. The fourth-order valence-corrected chi connectivity index (χ4v) is 16.2. The predicted octanol–water partition coefficient (Wildman–Crippen LogP) is 25.7. The number of aromatic nitrogens is 10. The lowest BCUT2D eigenvalue weighted by Gasteiger charge is -2.14. The van der Waals surface area contributed by atoms with E-state index in [1.165, 1.54) is 36.8 Å². The van der Waals surface area contributed by atoms with Gasteiger partial charge in [0, 0.05) is 212 Å². The minimum atomic E-state index is -0.583. The average molecular weight is 2030 g/mol. The highest BCUT2D eigenvalue weighted by molar-refractivity contribution is 6.31. The number of carbonyl (C=O) groups is 5. The number of nitrogens with zero attached hydrogens (tertiary/aromatic N) is 10. The van der Waals surface area contributed by atoms with E-state index in [1.807, 2.05) is 181 Å². The summed E-state index contributed by atoms with van der Waals surface area (Å²) in [6.45, 7) is 14.3. The van der Waals surface area contributed by atoms with Crippen LogP contribution in [0.3, 0.4) is 0 Å². The van der Waals surface area contributed by atoms with Crippen LogP contribution in [0.2, 0.25) is 10.0 Å². The van der Waals surface area contributed by atoms with Gasteiger partial charge in [0.2, 0.25) is 5.95 Å². The van der Waals surface area contributed by atoms with Gasteiger partial charge in [0.05, 0.1) is 52.1 Å². The molecule has 0 bridgehead atoms. The summed E-state index contributed by atoms with van der Waals surface area (Å²) in [6, 6.07) is 78.0. The van der Waals surface area contributed by atoms with Crippen LogP contribution in [0.1, 0.15) is 119 Å². The molecule has 10 aromatic heterocycles. The summed E-state index contributed by atoms with van der Waals surface area (Å²) < 4.78 is 76.7. The van der Waals surface area contributed by atoms with E-state index in [0.717, 1.165) is 94.8 Å². The second-order valence-corrected chi connectivity index (χ2v) is 34.8. The highest BCUT2D eigenvalue weighted by Gasteiger charge is 2.23. The summed E-state index contributed by atoms with van der Waals surface area (Å²) >= 11 is 12.2. The number of fused-ring (bicyclic) bond motifs is 5. The molecule has 0 aliphatic rings. The van der Waals surface area contributed by atoms with Gasteiger partial charge in [-0.3, -0.25) is 68.8 Å². The fourth-order valence-electron chi connectivity index (χ4n) is 15.8. The second-order valence-electron chi connectivity index (χ2n) is 34.0. The molecule has 0 fully saturated rings. The zero-order chi connectivity index (χ0) is 104. The van der Waals surface area contributed by atoms with Gasteiger partial charge in [0.1, 0.15) is 74.9 Å². The normalized spacial score (nSPS) is 10.7. The Kier molecular flexibility index (Phi) is 34.1. The lowest BCUT2D eigenvalue weighted by Crippen LogP contribution is -2.24. The molecule has 31 heteroatoms. The number of pyridine rings is 10. The summed E-state index contributed by atoms with van der Waals surface area (Å²) in [4.78, 5) is 104. The van der Waals surface area contributed by atoms with E-state index in [-0.39, 0.29) is 49.2 Å². The average Bonchev–Trinajstić information content (AvgIpc) is 0.809. The van der Waals surface area contributed by atoms with Crippen LogP contribution in [0.5, 0.6) is 63.2 Å². The number of amides is 5. The molecule has 20 rings (SSSR count). The van der Waals surface area contributed by atoms with Crippen molar-refractivity contribution < 1.29 is 65.6 Å². The summed E-state index contributed by atoms with van der Waals surface area (Å²) in [5.41, 5.74) is 15.6. The third kappa shape index (κ3) is 26.4. The molecule has 0 unspecified atom stereocenters. The van der Waals surface area contributed by atoms with Crippen LogP contribution in [-0.2, 0) is 32.7 Å². The number of benzene rings is 10. The second kappa shape index (κ2) is 49.2. The van der Waals surface area contributed by atoms with Gasteiger partial charge in [0.25, 0.3) is 29.5 Å². The van der Waals surface area contributed by atoms with Crippen LogP contribution in [-0.4, -0.2) is 86.5 Å². The molecule has 0 aliphatic carbocycles. The smallest absolute Gasteiger partial charge is 0.251 e. The number of ether oxygens (including phenoxy) is 6. The highest BCUT2D eigenvalue weighted by atomic mass is 35.5. The monoisotopic (exact) mass is 2030 g/mol. The first kappa shape index (κ1) is 103. The lowest BCUT2D eigenvalue weighted by atomic mass is 10.1. The Morgan fingerprint density at radius 3 is 0.993 bits per heavy atom. The van der Waals surface area contributed by atoms with E-state index in [0.29, 0.717) is 153 Å². The minimum absolute atomic E-state index is 0.0630. The zero-order valence-corrected chi connectivity index (χ0v) is 83.3. The van der Waals surface area contributed by atoms with Crippen molar-refractivity contribution in [3.63, 3.8) is 0 Å². The number of para-hydroxylation sites is 1. The molecule has 5 N–H and O–H groups in total. The molecule has 0 saturated carbocycles. The van der Waals surface area contributed by atoms with Crippen LogP contribution in [0, 0.1) is 66.0 Å². The molecule has 0 aliphatic heterocycles. The number of nitrogens with one attached hydrogen (secondary N) is 5. The Labute approximate surface area is 865 Å². The maximum Gasteiger partial charge on any atom is 0.251 e. The van der Waals surface area contributed by atoms with Crippen molar-refractivity contribution >= 4 is 107 Å². The van der Waals surface area contributed by atoms with Gasteiger partial charge >= 0.3 is 0 Å². The molecule has 10 heterocycles. The molecule has 5 amide bonds. The molecule has 0 atom stereocenters. The van der Waals surface area contributed by atoms with Crippen molar-refractivity contribution in [2.45, 2.75) is 81.2 Å². The van der Waals surface area contributed by atoms with Gasteiger partial charge in [-0.25, -0.2) is 13.8 Å². The van der Waals surface area contributed by atoms with E-state index < -0.39 is 17.6 Å². The van der Waals surface area contributed by atoms with E-state index in [1.54, 1.807) is 173 Å². The van der Waals surface area contributed by atoms with Crippen molar-refractivity contribution in [3.8, 4) is 63.2 Å². The maximum atomic E-state index is 13.7. The Morgan fingerprint density at radius 2 is 0.597 bits per heavy atom. The number of aryl methyl sites for hydroxylation is 2. The van der Waals surface area contributed by atoms with Crippen molar-refractivity contribution in [2.75, 3.05) is 7.11 Å². The van der Waals surface area contributed by atoms with E-state index in [2.05, 4.69) is 76.4 Å². The first-order valence-corrected chi connectivity index (χ1v) is 47.7. The molecule has 26 nitrogen and oxygen atoms in total. The fraction of sp³-hybridized carbons (Fsp3) is 0.110. The predicted molar refractivity (Wildman–Crippen MR) is 568 cm³/mol. The van der Waals surface area contributed by atoms with Gasteiger partial charge in [-0.1, -0.05) is 77.8 Å². The quantitative estimate of drug-likeness (QED) is 0.0314. The van der Waals surface area contributed by atoms with Crippen molar-refractivity contribution in [1.82, 2.24) is 76.4 Å². The summed E-state index contributed by atoms with van der Waals surface area (Å²) in [7, 11) is 1.60. The molecular weight excluding hydrogens is 1930 g/mol. The molecule has 20 aromatic rings. The molecule has 0 radical (unpaired) electrons. The molecule has 0 spiro atoms. The number of carbonyl (C=O) groups excluding carboxylic acids is 5. The first-order valence-electron chi connectivity index (χ1n) is 46.9. The number of rotatable bonds is 26. The van der Waals surface area contributed by atoms with Crippen LogP contribution in [0.25, 0.3) is 54.5 Å². The van der Waals surface area contributed by atoms with Gasteiger partial charge in [-0.2, -0.15) is 4.39 Å². The van der Waals surface area contributed by atoms with Crippen LogP contribution < -0.4 is 55.0 Å². The number of hydrogen-bond acceptors (Lipinski definition) is 21. The van der Waals surface area contributed by atoms with Crippen LogP contribution in [0.15, 0.2) is 348 Å². The lowest BCUT2D eigenvalue weighted by molar-refractivity contribution is 0.0941. The van der Waals surface area contributed by atoms with E-state index in [4.69, 9.17) is 51.6 Å². The van der Waals surface area contributed by atoms with Crippen molar-refractivity contribution in [1.29, 1.82) is 0 Å². The molecule has 0 saturated heterocycles. The number of hydrogen-bond donors (Lipinski definition) is 5. The third-order valence-electron chi connectivity index (χ3n) is 24.0. The third-order valence-corrected chi connectivity index (χ3v) is 24.6. The number of methoxy groups -OCH3 is 1. The molecule has 149 heavy (non-hydrogen) atoms. The number of halogens is 5. The Bertz CT molecular complexity index is 7880.